The largest absolute Gasteiger partial charge is 0.441 e. The fourth-order valence-electron chi connectivity index (χ4n) is 3.82. The Bertz CT molecular complexity index is 1460. The number of anilines is 1. The summed E-state index contributed by atoms with van der Waals surface area (Å²) in [6, 6.07) is 19.9. The van der Waals surface area contributed by atoms with Gasteiger partial charge in [-0.15, -0.1) is 11.3 Å². The number of carbonyl (C=O) groups is 1. The van der Waals surface area contributed by atoms with Crippen LogP contribution in [0, 0.1) is 0 Å². The summed E-state index contributed by atoms with van der Waals surface area (Å²) in [5.74, 6) is 1.64. The normalized spacial score (nSPS) is 11.1. The van der Waals surface area contributed by atoms with Crippen LogP contribution < -0.4 is 5.32 Å². The van der Waals surface area contributed by atoms with Gasteiger partial charge in [0.05, 0.1) is 11.9 Å². The van der Waals surface area contributed by atoms with Gasteiger partial charge in [-0.05, 0) is 35.7 Å². The lowest BCUT2D eigenvalue weighted by Gasteiger charge is -2.06. The van der Waals surface area contributed by atoms with Crippen molar-refractivity contribution in [1.82, 2.24) is 15.0 Å². The lowest BCUT2D eigenvalue weighted by Crippen LogP contribution is -2.12. The Morgan fingerprint density at radius 2 is 1.83 bits per heavy atom. The fraction of sp³-hybridized carbons (Fsp3) is 0.172. The summed E-state index contributed by atoms with van der Waals surface area (Å²) in [5, 5.41) is 5.90. The number of nitrogens with one attached hydrogen (secondary N) is 1. The fourth-order valence-corrected chi connectivity index (χ4v) is 4.64. The molecular weight excluding hydrogens is 468 g/mol. The number of carbonyl (C=O) groups excluding carboxylic acids is 1. The highest BCUT2D eigenvalue weighted by atomic mass is 32.1. The smallest absolute Gasteiger partial charge is 0.224 e. The first-order valence-corrected chi connectivity index (χ1v) is 12.7. The third kappa shape index (κ3) is 5.58. The monoisotopic (exact) mass is 494 g/mol. The molecular formula is C29H26N4O2S. The van der Waals surface area contributed by atoms with Crippen molar-refractivity contribution in [3.05, 3.63) is 96.1 Å². The van der Waals surface area contributed by atoms with Gasteiger partial charge in [-0.3, -0.25) is 9.78 Å². The molecule has 6 nitrogen and oxygen atoms in total. The van der Waals surface area contributed by atoms with Gasteiger partial charge in [0.2, 0.25) is 5.91 Å². The number of pyridine rings is 1. The molecule has 7 heteroatoms. The van der Waals surface area contributed by atoms with E-state index in [1.807, 2.05) is 53.9 Å². The number of oxazole rings is 1. The number of thiazole rings is 1. The van der Waals surface area contributed by atoms with Crippen LogP contribution in [-0.4, -0.2) is 20.9 Å². The molecule has 180 valence electrons. The summed E-state index contributed by atoms with van der Waals surface area (Å²) < 4.78 is 5.88. The van der Waals surface area contributed by atoms with Gasteiger partial charge in [0, 0.05) is 53.0 Å². The molecule has 0 saturated carbocycles. The SMILES string of the molecule is CC(C)c1ccc(-c2cnc(CCC(=O)Nc3cccc(-c4csc(-c5cccnc5)n4)c3)o2)cc1. The van der Waals surface area contributed by atoms with E-state index in [0.717, 1.165) is 33.1 Å². The predicted molar refractivity (Wildman–Crippen MR) is 144 cm³/mol. The van der Waals surface area contributed by atoms with Crippen LogP contribution in [-0.2, 0) is 11.2 Å². The van der Waals surface area contributed by atoms with Crippen molar-refractivity contribution in [3.63, 3.8) is 0 Å². The minimum atomic E-state index is -0.0949. The zero-order chi connectivity index (χ0) is 24.9. The standard InChI is InChI=1S/C29H26N4O2S/c1-19(2)20-8-10-21(11-9-20)26-17-31-28(35-26)13-12-27(34)32-24-7-3-5-22(15-24)25-18-36-29(33-25)23-6-4-14-30-16-23/h3-11,14-19H,12-13H2,1-2H3,(H,32,34). The van der Waals surface area contributed by atoms with E-state index < -0.39 is 0 Å². The predicted octanol–water partition coefficient (Wildman–Crippen LogP) is 7.22. The maximum atomic E-state index is 12.6. The Kier molecular flexibility index (Phi) is 7.00. The highest BCUT2D eigenvalue weighted by molar-refractivity contribution is 7.13. The summed E-state index contributed by atoms with van der Waals surface area (Å²) in [6.07, 6.45) is 5.97. The molecule has 5 aromatic rings. The zero-order valence-electron chi connectivity index (χ0n) is 20.1. The molecule has 0 unspecified atom stereocenters. The molecule has 0 fully saturated rings. The van der Waals surface area contributed by atoms with Gasteiger partial charge in [-0.25, -0.2) is 9.97 Å². The quantitative estimate of drug-likeness (QED) is 0.246. The first-order chi connectivity index (χ1) is 17.5. The molecule has 36 heavy (non-hydrogen) atoms. The number of hydrogen-bond donors (Lipinski definition) is 1. The van der Waals surface area contributed by atoms with Crippen molar-refractivity contribution < 1.29 is 9.21 Å². The highest BCUT2D eigenvalue weighted by Crippen LogP contribution is 2.30. The number of benzene rings is 2. The molecule has 2 aromatic carbocycles. The third-order valence-electron chi connectivity index (χ3n) is 5.84. The van der Waals surface area contributed by atoms with Gasteiger partial charge in [0.15, 0.2) is 11.7 Å². The summed E-state index contributed by atoms with van der Waals surface area (Å²) in [7, 11) is 0. The summed E-state index contributed by atoms with van der Waals surface area (Å²) in [5.41, 5.74) is 5.78. The van der Waals surface area contributed by atoms with E-state index in [9.17, 15) is 4.79 Å². The molecule has 0 saturated heterocycles. The lowest BCUT2D eigenvalue weighted by atomic mass is 10.0. The van der Waals surface area contributed by atoms with Crippen LogP contribution in [0.1, 0.15) is 37.6 Å². The summed E-state index contributed by atoms with van der Waals surface area (Å²) in [4.78, 5) is 25.8. The van der Waals surface area contributed by atoms with E-state index in [2.05, 4.69) is 41.3 Å². The molecule has 3 aromatic heterocycles. The first kappa shape index (κ1) is 23.6. The second-order valence-corrected chi connectivity index (χ2v) is 9.66. The summed E-state index contributed by atoms with van der Waals surface area (Å²) >= 11 is 1.57. The average molecular weight is 495 g/mol. The van der Waals surface area contributed by atoms with Crippen LogP contribution >= 0.6 is 11.3 Å². The molecule has 1 N–H and O–H groups in total. The second-order valence-electron chi connectivity index (χ2n) is 8.80. The van der Waals surface area contributed by atoms with E-state index in [1.165, 1.54) is 5.56 Å². The minimum Gasteiger partial charge on any atom is -0.441 e. The third-order valence-corrected chi connectivity index (χ3v) is 6.73. The topological polar surface area (TPSA) is 80.9 Å². The van der Waals surface area contributed by atoms with E-state index in [4.69, 9.17) is 9.40 Å². The van der Waals surface area contributed by atoms with Gasteiger partial charge in [-0.2, -0.15) is 0 Å². The van der Waals surface area contributed by atoms with E-state index in [1.54, 1.807) is 29.9 Å². The van der Waals surface area contributed by atoms with Crippen LogP contribution in [0.25, 0.3) is 33.2 Å². The molecule has 0 atom stereocenters. The van der Waals surface area contributed by atoms with Crippen molar-refractivity contribution in [2.45, 2.75) is 32.6 Å². The van der Waals surface area contributed by atoms with Gasteiger partial charge in [0.1, 0.15) is 5.01 Å². The van der Waals surface area contributed by atoms with E-state index in [0.29, 0.717) is 24.0 Å². The van der Waals surface area contributed by atoms with Crippen LogP contribution in [0.4, 0.5) is 5.69 Å². The molecule has 0 aliphatic carbocycles. The number of amides is 1. The van der Waals surface area contributed by atoms with Crippen LogP contribution in [0.5, 0.6) is 0 Å². The number of nitrogens with zero attached hydrogens (tertiary/aromatic N) is 3. The molecule has 1 amide bonds. The Morgan fingerprint density at radius 1 is 1.00 bits per heavy atom. The minimum absolute atomic E-state index is 0.0949. The van der Waals surface area contributed by atoms with Gasteiger partial charge in [0.25, 0.3) is 0 Å². The highest BCUT2D eigenvalue weighted by Gasteiger charge is 2.11. The van der Waals surface area contributed by atoms with E-state index >= 15 is 0 Å². The number of hydrogen-bond acceptors (Lipinski definition) is 6. The van der Waals surface area contributed by atoms with Crippen LogP contribution in [0.2, 0.25) is 0 Å². The zero-order valence-corrected chi connectivity index (χ0v) is 21.0. The van der Waals surface area contributed by atoms with Crippen molar-refractivity contribution in [2.75, 3.05) is 5.32 Å². The van der Waals surface area contributed by atoms with Gasteiger partial charge < -0.3 is 9.73 Å². The Balaban J connectivity index is 1.19. The number of aryl methyl sites for hydroxylation is 1. The molecule has 3 heterocycles. The number of rotatable bonds is 8. The maximum Gasteiger partial charge on any atom is 0.224 e. The van der Waals surface area contributed by atoms with Crippen molar-refractivity contribution in [1.29, 1.82) is 0 Å². The van der Waals surface area contributed by atoms with Crippen LogP contribution in [0.15, 0.2) is 89.1 Å². The second kappa shape index (κ2) is 10.7. The Morgan fingerprint density at radius 3 is 2.61 bits per heavy atom. The Hall–Kier alpha value is -4.10. The molecule has 0 aliphatic heterocycles. The summed E-state index contributed by atoms with van der Waals surface area (Å²) in [6.45, 7) is 4.34. The molecule has 5 rings (SSSR count). The molecule has 0 spiro atoms. The maximum absolute atomic E-state index is 12.6. The first-order valence-electron chi connectivity index (χ1n) is 11.9. The van der Waals surface area contributed by atoms with Crippen molar-refractivity contribution in [2.24, 2.45) is 0 Å². The Labute approximate surface area is 214 Å². The average Bonchev–Trinajstić information content (AvgIpc) is 3.59. The lowest BCUT2D eigenvalue weighted by molar-refractivity contribution is -0.116. The van der Waals surface area contributed by atoms with Gasteiger partial charge >= 0.3 is 0 Å². The number of aromatic nitrogens is 3. The van der Waals surface area contributed by atoms with Gasteiger partial charge in [-0.1, -0.05) is 50.2 Å². The molecule has 0 radical (unpaired) electrons. The molecule has 0 bridgehead atoms. The molecule has 0 aliphatic rings. The van der Waals surface area contributed by atoms with E-state index in [-0.39, 0.29) is 12.3 Å². The van der Waals surface area contributed by atoms with Crippen LogP contribution in [0.3, 0.4) is 0 Å². The van der Waals surface area contributed by atoms with Crippen molar-refractivity contribution in [3.8, 4) is 33.2 Å². The van der Waals surface area contributed by atoms with Crippen molar-refractivity contribution >= 4 is 22.9 Å².